The third-order valence-corrected chi connectivity index (χ3v) is 3.21. The van der Waals surface area contributed by atoms with Crippen molar-refractivity contribution < 1.29 is 14.0 Å². The predicted molar refractivity (Wildman–Crippen MR) is 68.2 cm³/mol. The zero-order valence-electron chi connectivity index (χ0n) is 10.8. The van der Waals surface area contributed by atoms with E-state index in [0.29, 0.717) is 23.2 Å². The molecule has 0 amide bonds. The molecule has 2 heterocycles. The Kier molecular flexibility index (Phi) is 3.08. The maximum absolute atomic E-state index is 5.26. The molecule has 0 radical (unpaired) electrons. The van der Waals surface area contributed by atoms with E-state index in [1.54, 1.807) is 14.2 Å². The summed E-state index contributed by atoms with van der Waals surface area (Å²) in [4.78, 5) is 4.40. The van der Waals surface area contributed by atoms with E-state index in [2.05, 4.69) is 15.5 Å². The molecule has 1 fully saturated rings. The minimum atomic E-state index is 0.196. The highest BCUT2D eigenvalue weighted by Crippen LogP contribution is 2.32. The van der Waals surface area contributed by atoms with Crippen molar-refractivity contribution in [3.63, 3.8) is 0 Å². The van der Waals surface area contributed by atoms with Crippen LogP contribution < -0.4 is 14.8 Å². The lowest BCUT2D eigenvalue weighted by atomic mass is 10.1. The normalized spacial score (nSPS) is 17.9. The van der Waals surface area contributed by atoms with E-state index in [1.165, 1.54) is 0 Å². The molecular formula is C13H15N3O3. The van der Waals surface area contributed by atoms with E-state index in [1.807, 2.05) is 18.2 Å². The molecule has 0 aliphatic carbocycles. The maximum Gasteiger partial charge on any atom is 0.244 e. The Morgan fingerprint density at radius 2 is 2.05 bits per heavy atom. The minimum Gasteiger partial charge on any atom is -0.493 e. The molecule has 0 spiro atoms. The summed E-state index contributed by atoms with van der Waals surface area (Å²) in [6, 6.07) is 5.74. The number of nitrogens with one attached hydrogen (secondary N) is 1. The quantitative estimate of drug-likeness (QED) is 0.904. The minimum absolute atomic E-state index is 0.196. The molecule has 6 heteroatoms. The molecule has 1 aliphatic heterocycles. The number of ether oxygens (including phenoxy) is 2. The zero-order valence-corrected chi connectivity index (χ0v) is 10.8. The van der Waals surface area contributed by atoms with Crippen molar-refractivity contribution in [1.82, 2.24) is 15.5 Å². The fourth-order valence-electron chi connectivity index (χ4n) is 1.97. The van der Waals surface area contributed by atoms with Crippen molar-refractivity contribution in [1.29, 1.82) is 0 Å². The molecule has 1 saturated heterocycles. The van der Waals surface area contributed by atoms with Crippen LogP contribution in [0.4, 0.5) is 0 Å². The van der Waals surface area contributed by atoms with E-state index in [-0.39, 0.29) is 6.04 Å². The molecule has 6 nitrogen and oxygen atoms in total. The number of methoxy groups -OCH3 is 2. The first-order valence-electron chi connectivity index (χ1n) is 6.11. The lowest BCUT2D eigenvalue weighted by molar-refractivity contribution is 0.273. The van der Waals surface area contributed by atoms with Crippen molar-refractivity contribution in [2.45, 2.75) is 12.5 Å². The van der Waals surface area contributed by atoms with Gasteiger partial charge in [-0.25, -0.2) is 0 Å². The molecule has 1 aliphatic rings. The topological polar surface area (TPSA) is 69.4 Å². The Labute approximate surface area is 110 Å². The van der Waals surface area contributed by atoms with Crippen LogP contribution in [0.25, 0.3) is 11.4 Å². The average molecular weight is 261 g/mol. The number of hydrogen-bond donors (Lipinski definition) is 1. The van der Waals surface area contributed by atoms with E-state index in [0.717, 1.165) is 18.5 Å². The van der Waals surface area contributed by atoms with Crippen LogP contribution in [0.5, 0.6) is 11.5 Å². The molecule has 3 rings (SSSR count). The SMILES string of the molecule is COc1ccc(-c2noc([C@H]3CCN3)n2)cc1OC. The molecule has 0 saturated carbocycles. The van der Waals surface area contributed by atoms with Gasteiger partial charge < -0.3 is 19.3 Å². The lowest BCUT2D eigenvalue weighted by Crippen LogP contribution is -2.35. The van der Waals surface area contributed by atoms with Gasteiger partial charge in [-0.3, -0.25) is 0 Å². The molecule has 1 aromatic heterocycles. The summed E-state index contributed by atoms with van der Waals surface area (Å²) in [5, 5.41) is 7.22. The van der Waals surface area contributed by atoms with Crippen molar-refractivity contribution in [3.8, 4) is 22.9 Å². The Morgan fingerprint density at radius 3 is 2.68 bits per heavy atom. The van der Waals surface area contributed by atoms with Gasteiger partial charge in [0.25, 0.3) is 0 Å². The van der Waals surface area contributed by atoms with E-state index in [9.17, 15) is 0 Å². The molecule has 1 aromatic carbocycles. The smallest absolute Gasteiger partial charge is 0.244 e. The van der Waals surface area contributed by atoms with E-state index < -0.39 is 0 Å². The van der Waals surface area contributed by atoms with Gasteiger partial charge in [-0.2, -0.15) is 4.98 Å². The average Bonchev–Trinajstić information content (AvgIpc) is 2.85. The van der Waals surface area contributed by atoms with Crippen LogP contribution in [0.2, 0.25) is 0 Å². The summed E-state index contributed by atoms with van der Waals surface area (Å²) < 4.78 is 15.7. The maximum atomic E-state index is 5.26. The molecule has 1 N–H and O–H groups in total. The van der Waals surface area contributed by atoms with Crippen molar-refractivity contribution >= 4 is 0 Å². The van der Waals surface area contributed by atoms with E-state index >= 15 is 0 Å². The van der Waals surface area contributed by atoms with Gasteiger partial charge in [0.2, 0.25) is 11.7 Å². The number of nitrogens with zero attached hydrogens (tertiary/aromatic N) is 2. The van der Waals surface area contributed by atoms with Gasteiger partial charge >= 0.3 is 0 Å². The summed E-state index contributed by atoms with van der Waals surface area (Å²) in [5.41, 5.74) is 0.840. The van der Waals surface area contributed by atoms with Gasteiger partial charge in [0.15, 0.2) is 11.5 Å². The van der Waals surface area contributed by atoms with Crippen LogP contribution in [0.15, 0.2) is 22.7 Å². The molecular weight excluding hydrogens is 246 g/mol. The Balaban J connectivity index is 1.90. The van der Waals surface area contributed by atoms with E-state index in [4.69, 9.17) is 14.0 Å². The molecule has 2 aromatic rings. The van der Waals surface area contributed by atoms with Gasteiger partial charge in [-0.1, -0.05) is 5.16 Å². The molecule has 19 heavy (non-hydrogen) atoms. The predicted octanol–water partition coefficient (Wildman–Crippen LogP) is 1.79. The van der Waals surface area contributed by atoms with Crippen LogP contribution in [0.1, 0.15) is 18.4 Å². The molecule has 1 atom stereocenters. The second kappa shape index (κ2) is 4.89. The highest BCUT2D eigenvalue weighted by molar-refractivity contribution is 5.60. The van der Waals surface area contributed by atoms with Crippen molar-refractivity contribution in [3.05, 3.63) is 24.1 Å². The first kappa shape index (κ1) is 12.0. The Morgan fingerprint density at radius 1 is 1.26 bits per heavy atom. The lowest BCUT2D eigenvalue weighted by Gasteiger charge is -2.23. The summed E-state index contributed by atoms with van der Waals surface area (Å²) >= 11 is 0. The van der Waals surface area contributed by atoms with Crippen LogP contribution in [-0.2, 0) is 0 Å². The second-order valence-corrected chi connectivity index (χ2v) is 4.32. The first-order chi connectivity index (χ1) is 9.31. The summed E-state index contributed by atoms with van der Waals surface area (Å²) in [7, 11) is 3.20. The van der Waals surface area contributed by atoms with Gasteiger partial charge in [-0.15, -0.1) is 0 Å². The largest absolute Gasteiger partial charge is 0.493 e. The monoisotopic (exact) mass is 261 g/mol. The third kappa shape index (κ3) is 2.15. The van der Waals surface area contributed by atoms with Crippen molar-refractivity contribution in [2.75, 3.05) is 20.8 Å². The van der Waals surface area contributed by atoms with Crippen molar-refractivity contribution in [2.24, 2.45) is 0 Å². The standard InChI is InChI=1S/C13H15N3O3/c1-17-10-4-3-8(7-11(10)18-2)12-15-13(19-16-12)9-5-6-14-9/h3-4,7,9,14H,5-6H2,1-2H3/t9-/m1/s1. The highest BCUT2D eigenvalue weighted by atomic mass is 16.5. The molecule has 0 unspecified atom stereocenters. The highest BCUT2D eigenvalue weighted by Gasteiger charge is 2.25. The molecule has 0 bridgehead atoms. The van der Waals surface area contributed by atoms with Crippen LogP contribution in [0.3, 0.4) is 0 Å². The third-order valence-electron chi connectivity index (χ3n) is 3.21. The van der Waals surface area contributed by atoms with Crippen LogP contribution >= 0.6 is 0 Å². The zero-order chi connectivity index (χ0) is 13.2. The fraction of sp³-hybridized carbons (Fsp3) is 0.385. The fourth-order valence-corrected chi connectivity index (χ4v) is 1.97. The summed E-state index contributed by atoms with van der Waals surface area (Å²) in [6.45, 7) is 0.999. The van der Waals surface area contributed by atoms with Gasteiger partial charge in [0.1, 0.15) is 0 Å². The second-order valence-electron chi connectivity index (χ2n) is 4.32. The van der Waals surface area contributed by atoms with Crippen LogP contribution in [-0.4, -0.2) is 30.9 Å². The summed E-state index contributed by atoms with van der Waals surface area (Å²) in [5.74, 6) is 2.52. The summed E-state index contributed by atoms with van der Waals surface area (Å²) in [6.07, 6.45) is 1.04. The first-order valence-corrected chi connectivity index (χ1v) is 6.11. The number of hydrogen-bond acceptors (Lipinski definition) is 6. The van der Waals surface area contributed by atoms with Gasteiger partial charge in [-0.05, 0) is 31.2 Å². The number of benzene rings is 1. The Hall–Kier alpha value is -2.08. The number of rotatable bonds is 4. The van der Waals surface area contributed by atoms with Gasteiger partial charge in [0.05, 0.1) is 20.3 Å². The Bertz CT molecular complexity index is 578. The van der Waals surface area contributed by atoms with Crippen LogP contribution in [0, 0.1) is 0 Å². The van der Waals surface area contributed by atoms with Gasteiger partial charge in [0, 0.05) is 5.56 Å². The number of aromatic nitrogens is 2. The molecule has 100 valence electrons.